The second-order valence-corrected chi connectivity index (χ2v) is 3.35. The number of nitro groups is 1. The van der Waals surface area contributed by atoms with Crippen LogP contribution in [-0.2, 0) is 9.59 Å². The second kappa shape index (κ2) is 5.73. The summed E-state index contributed by atoms with van der Waals surface area (Å²) in [5, 5.41) is 19.1. The highest BCUT2D eigenvalue weighted by atomic mass is 16.6. The largest absolute Gasteiger partial charge is 0.481 e. The van der Waals surface area contributed by atoms with Crippen LogP contribution in [0.15, 0.2) is 24.3 Å². The Morgan fingerprint density at radius 1 is 1.44 bits per heavy atom. The molecule has 8 heteroatoms. The van der Waals surface area contributed by atoms with Crippen LogP contribution < -0.4 is 10.5 Å². The molecule has 1 atom stereocenters. The van der Waals surface area contributed by atoms with Crippen LogP contribution in [0.25, 0.3) is 0 Å². The molecule has 0 heterocycles. The fourth-order valence-corrected chi connectivity index (χ4v) is 1.15. The number of carboxylic acids is 1. The Labute approximate surface area is 101 Å². The van der Waals surface area contributed by atoms with Gasteiger partial charge in [-0.2, -0.15) is 0 Å². The molecule has 96 valence electrons. The predicted molar refractivity (Wildman–Crippen MR) is 59.0 cm³/mol. The summed E-state index contributed by atoms with van der Waals surface area (Å²) in [7, 11) is 0. The fourth-order valence-electron chi connectivity index (χ4n) is 1.15. The number of nitrogens with zero attached hydrogens (tertiary/aromatic N) is 1. The molecule has 0 saturated carbocycles. The van der Waals surface area contributed by atoms with Crippen LogP contribution >= 0.6 is 0 Å². The normalized spacial score (nSPS) is 11.6. The highest BCUT2D eigenvalue weighted by Crippen LogP contribution is 2.26. The SMILES string of the molecule is N[C@@H](CC(=O)O)C(=O)Oc1ccccc1[N+](=O)[O-]. The molecule has 0 aromatic heterocycles. The van der Waals surface area contributed by atoms with Crippen molar-refractivity contribution in [2.45, 2.75) is 12.5 Å². The molecule has 0 unspecified atom stereocenters. The number of carbonyl (C=O) groups is 2. The van der Waals surface area contributed by atoms with E-state index in [0.717, 1.165) is 6.07 Å². The van der Waals surface area contributed by atoms with Crippen molar-refractivity contribution in [3.8, 4) is 5.75 Å². The van der Waals surface area contributed by atoms with Gasteiger partial charge < -0.3 is 15.6 Å². The van der Waals surface area contributed by atoms with E-state index in [9.17, 15) is 19.7 Å². The summed E-state index contributed by atoms with van der Waals surface area (Å²) in [5.41, 5.74) is 4.87. The average Bonchev–Trinajstić information content (AvgIpc) is 2.28. The van der Waals surface area contributed by atoms with Gasteiger partial charge in [-0.05, 0) is 6.07 Å². The van der Waals surface area contributed by atoms with Crippen molar-refractivity contribution in [3.05, 3.63) is 34.4 Å². The summed E-state index contributed by atoms with van der Waals surface area (Å²) in [6.45, 7) is 0. The van der Waals surface area contributed by atoms with Gasteiger partial charge in [-0.25, -0.2) is 4.79 Å². The van der Waals surface area contributed by atoms with Crippen LogP contribution in [0.5, 0.6) is 5.75 Å². The molecule has 0 fully saturated rings. The van der Waals surface area contributed by atoms with Crippen molar-refractivity contribution in [2.75, 3.05) is 0 Å². The third-order valence-corrected chi connectivity index (χ3v) is 1.97. The number of nitro benzene ring substituents is 1. The molecular weight excluding hydrogens is 244 g/mol. The van der Waals surface area contributed by atoms with E-state index in [1.54, 1.807) is 0 Å². The Morgan fingerprint density at radius 2 is 2.06 bits per heavy atom. The first-order valence-electron chi connectivity index (χ1n) is 4.84. The van der Waals surface area contributed by atoms with Gasteiger partial charge in [0.1, 0.15) is 6.04 Å². The van der Waals surface area contributed by atoms with Gasteiger partial charge >= 0.3 is 17.6 Å². The van der Waals surface area contributed by atoms with E-state index < -0.39 is 35.0 Å². The quantitative estimate of drug-likeness (QED) is 0.334. The maximum absolute atomic E-state index is 11.4. The van der Waals surface area contributed by atoms with Gasteiger partial charge in [-0.3, -0.25) is 14.9 Å². The number of rotatable bonds is 5. The van der Waals surface area contributed by atoms with Gasteiger partial charge in [0.05, 0.1) is 11.3 Å². The zero-order chi connectivity index (χ0) is 13.7. The highest BCUT2D eigenvalue weighted by Gasteiger charge is 2.23. The first-order valence-corrected chi connectivity index (χ1v) is 4.84. The topological polar surface area (TPSA) is 133 Å². The van der Waals surface area contributed by atoms with Crippen molar-refractivity contribution >= 4 is 17.6 Å². The summed E-state index contributed by atoms with van der Waals surface area (Å²) in [4.78, 5) is 31.7. The third kappa shape index (κ3) is 3.52. The Balaban J connectivity index is 2.82. The zero-order valence-electron chi connectivity index (χ0n) is 9.11. The lowest BCUT2D eigenvalue weighted by atomic mass is 10.2. The number of ether oxygens (including phenoxy) is 1. The van der Waals surface area contributed by atoms with Gasteiger partial charge in [0.25, 0.3) is 0 Å². The number of esters is 1. The summed E-state index contributed by atoms with van der Waals surface area (Å²) in [6, 6.07) is 3.86. The first-order chi connectivity index (χ1) is 8.41. The molecule has 0 spiro atoms. The van der Waals surface area contributed by atoms with E-state index in [1.165, 1.54) is 18.2 Å². The standard InChI is InChI=1S/C10H10N2O6/c11-6(5-9(13)14)10(15)18-8-4-2-1-3-7(8)12(16)17/h1-4,6H,5,11H2,(H,13,14)/t6-/m0/s1. The van der Waals surface area contributed by atoms with Gasteiger partial charge in [0, 0.05) is 6.07 Å². The average molecular weight is 254 g/mol. The molecular formula is C10H10N2O6. The van der Waals surface area contributed by atoms with Crippen molar-refractivity contribution < 1.29 is 24.4 Å². The molecule has 1 aromatic carbocycles. The van der Waals surface area contributed by atoms with Crippen molar-refractivity contribution in [2.24, 2.45) is 5.73 Å². The van der Waals surface area contributed by atoms with Crippen LogP contribution in [0.2, 0.25) is 0 Å². The van der Waals surface area contributed by atoms with Crippen LogP contribution in [-0.4, -0.2) is 28.0 Å². The number of benzene rings is 1. The number of nitrogens with two attached hydrogens (primary N) is 1. The van der Waals surface area contributed by atoms with Gasteiger partial charge in [-0.15, -0.1) is 0 Å². The molecule has 0 aliphatic carbocycles. The second-order valence-electron chi connectivity index (χ2n) is 3.35. The minimum absolute atomic E-state index is 0.270. The Kier molecular flexibility index (Phi) is 4.33. The maximum atomic E-state index is 11.4. The molecule has 0 aliphatic rings. The monoisotopic (exact) mass is 254 g/mol. The number of carboxylic acid groups (broad SMARTS) is 1. The van der Waals surface area contributed by atoms with Crippen molar-refractivity contribution in [3.63, 3.8) is 0 Å². The van der Waals surface area contributed by atoms with E-state index in [0.29, 0.717) is 0 Å². The summed E-state index contributed by atoms with van der Waals surface area (Å²) in [5.74, 6) is -2.57. The molecule has 0 radical (unpaired) electrons. The minimum atomic E-state index is -1.37. The number of aliphatic carboxylic acids is 1. The summed E-state index contributed by atoms with van der Waals surface area (Å²) < 4.78 is 4.70. The van der Waals surface area contributed by atoms with Crippen LogP contribution in [0.1, 0.15) is 6.42 Å². The van der Waals surface area contributed by atoms with Crippen molar-refractivity contribution in [1.82, 2.24) is 0 Å². The van der Waals surface area contributed by atoms with Crippen LogP contribution in [0.4, 0.5) is 5.69 Å². The summed E-state index contributed by atoms with van der Waals surface area (Å²) >= 11 is 0. The number of hydrogen-bond acceptors (Lipinski definition) is 6. The molecule has 3 N–H and O–H groups in total. The Hall–Kier alpha value is -2.48. The molecule has 0 bridgehead atoms. The van der Waals surface area contributed by atoms with E-state index in [4.69, 9.17) is 15.6 Å². The van der Waals surface area contributed by atoms with E-state index >= 15 is 0 Å². The van der Waals surface area contributed by atoms with E-state index in [2.05, 4.69) is 0 Å². The Morgan fingerprint density at radius 3 is 2.61 bits per heavy atom. The molecule has 0 amide bonds. The lowest BCUT2D eigenvalue weighted by Crippen LogP contribution is -2.36. The zero-order valence-corrected chi connectivity index (χ0v) is 9.11. The predicted octanol–water partition coefficient (Wildman–Crippen LogP) is 0.302. The molecule has 1 aromatic rings. The van der Waals surface area contributed by atoms with Gasteiger partial charge in [0.15, 0.2) is 0 Å². The van der Waals surface area contributed by atoms with Crippen LogP contribution in [0, 0.1) is 10.1 Å². The van der Waals surface area contributed by atoms with E-state index in [-0.39, 0.29) is 5.75 Å². The van der Waals surface area contributed by atoms with Crippen LogP contribution in [0.3, 0.4) is 0 Å². The fraction of sp³-hybridized carbons (Fsp3) is 0.200. The summed E-state index contributed by atoms with van der Waals surface area (Å²) in [6.07, 6.45) is -0.612. The Bertz CT molecular complexity index is 487. The lowest BCUT2D eigenvalue weighted by Gasteiger charge is -2.08. The molecule has 0 saturated heterocycles. The number of hydrogen-bond donors (Lipinski definition) is 2. The molecule has 18 heavy (non-hydrogen) atoms. The maximum Gasteiger partial charge on any atom is 0.329 e. The molecule has 8 nitrogen and oxygen atoms in total. The lowest BCUT2D eigenvalue weighted by molar-refractivity contribution is -0.385. The third-order valence-electron chi connectivity index (χ3n) is 1.97. The van der Waals surface area contributed by atoms with Gasteiger partial charge in [0.2, 0.25) is 5.75 Å². The molecule has 1 rings (SSSR count). The van der Waals surface area contributed by atoms with Gasteiger partial charge in [-0.1, -0.05) is 12.1 Å². The van der Waals surface area contributed by atoms with Crippen molar-refractivity contribution in [1.29, 1.82) is 0 Å². The first kappa shape index (κ1) is 13.6. The van der Waals surface area contributed by atoms with E-state index in [1.807, 2.05) is 0 Å². The molecule has 0 aliphatic heterocycles. The number of para-hydroxylation sites is 2. The smallest absolute Gasteiger partial charge is 0.329 e. The minimum Gasteiger partial charge on any atom is -0.481 e. The number of carbonyl (C=O) groups excluding carboxylic acids is 1. The highest BCUT2D eigenvalue weighted by molar-refractivity contribution is 5.83.